The highest BCUT2D eigenvalue weighted by Crippen LogP contribution is 2.22. The van der Waals surface area contributed by atoms with E-state index in [1.54, 1.807) is 12.5 Å². The molecule has 1 atom stereocenters. The summed E-state index contributed by atoms with van der Waals surface area (Å²) < 4.78 is 5.10. The summed E-state index contributed by atoms with van der Waals surface area (Å²) in [4.78, 5) is 2.41. The monoisotopic (exact) mass is 192 g/mol. The van der Waals surface area contributed by atoms with E-state index in [9.17, 15) is 0 Å². The zero-order valence-corrected chi connectivity index (χ0v) is 8.28. The Labute approximate surface area is 84.4 Å². The molecular formula is C11H16N2O. The maximum Gasteiger partial charge on any atom is 0.0953 e. The molecule has 1 unspecified atom stereocenters. The Balaban J connectivity index is 2.08. The first-order chi connectivity index (χ1) is 6.92. The number of hydrogen-bond donors (Lipinski definition) is 1. The molecule has 0 radical (unpaired) electrons. The summed E-state index contributed by atoms with van der Waals surface area (Å²) in [6.07, 6.45) is 5.50. The summed E-state index contributed by atoms with van der Waals surface area (Å²) in [5, 5.41) is 3.34. The molecule has 1 saturated heterocycles. The molecule has 0 spiro atoms. The Hall–Kier alpha value is -1.06. The zero-order chi connectivity index (χ0) is 9.80. The van der Waals surface area contributed by atoms with Gasteiger partial charge in [-0.25, -0.2) is 0 Å². The standard InChI is InChI=1S/C11H16N2O/c1-2-11(10-3-8-14-9-10)13-6-4-12-5-7-13/h2-3,8-9,11-12H,1,4-7H2. The molecule has 1 aromatic heterocycles. The molecule has 1 fully saturated rings. The van der Waals surface area contributed by atoms with E-state index in [2.05, 4.69) is 16.8 Å². The fourth-order valence-electron chi connectivity index (χ4n) is 1.90. The third-order valence-corrected chi connectivity index (χ3v) is 2.65. The van der Waals surface area contributed by atoms with Gasteiger partial charge < -0.3 is 9.73 Å². The van der Waals surface area contributed by atoms with Gasteiger partial charge in [0, 0.05) is 31.7 Å². The first-order valence-corrected chi connectivity index (χ1v) is 5.01. The van der Waals surface area contributed by atoms with Gasteiger partial charge in [0.25, 0.3) is 0 Å². The van der Waals surface area contributed by atoms with Crippen LogP contribution in [0.4, 0.5) is 0 Å². The molecule has 0 aliphatic carbocycles. The molecule has 1 aromatic rings. The number of nitrogens with zero attached hydrogens (tertiary/aromatic N) is 1. The van der Waals surface area contributed by atoms with Gasteiger partial charge in [-0.1, -0.05) is 6.08 Å². The van der Waals surface area contributed by atoms with Crippen LogP contribution >= 0.6 is 0 Å². The number of furan rings is 1. The van der Waals surface area contributed by atoms with E-state index >= 15 is 0 Å². The topological polar surface area (TPSA) is 28.4 Å². The number of hydrogen-bond acceptors (Lipinski definition) is 3. The average Bonchev–Trinajstić information content (AvgIpc) is 2.74. The van der Waals surface area contributed by atoms with Crippen LogP contribution in [0.5, 0.6) is 0 Å². The highest BCUT2D eigenvalue weighted by molar-refractivity contribution is 5.17. The van der Waals surface area contributed by atoms with E-state index in [1.165, 1.54) is 5.56 Å². The lowest BCUT2D eigenvalue weighted by atomic mass is 10.1. The van der Waals surface area contributed by atoms with Crippen LogP contribution in [-0.2, 0) is 0 Å². The minimum Gasteiger partial charge on any atom is -0.472 e. The molecule has 1 N–H and O–H groups in total. The Morgan fingerprint density at radius 3 is 2.86 bits per heavy atom. The van der Waals surface area contributed by atoms with Crippen LogP contribution < -0.4 is 5.32 Å². The Kier molecular flexibility index (Phi) is 3.01. The summed E-state index contributed by atoms with van der Waals surface area (Å²) >= 11 is 0. The van der Waals surface area contributed by atoms with Gasteiger partial charge in [0.15, 0.2) is 0 Å². The SMILES string of the molecule is C=CC(c1ccoc1)N1CCNCC1. The van der Waals surface area contributed by atoms with Crippen LogP contribution in [0, 0.1) is 0 Å². The van der Waals surface area contributed by atoms with Gasteiger partial charge >= 0.3 is 0 Å². The summed E-state index contributed by atoms with van der Waals surface area (Å²) in [6, 6.07) is 2.31. The van der Waals surface area contributed by atoms with Crippen molar-refractivity contribution in [3.05, 3.63) is 36.8 Å². The highest BCUT2D eigenvalue weighted by atomic mass is 16.3. The minimum atomic E-state index is 0.302. The Bertz CT molecular complexity index is 275. The molecule has 3 heteroatoms. The van der Waals surface area contributed by atoms with Crippen LogP contribution in [0.15, 0.2) is 35.7 Å². The normalized spacial score (nSPS) is 20.6. The molecule has 0 aromatic carbocycles. The van der Waals surface area contributed by atoms with Crippen molar-refractivity contribution in [1.82, 2.24) is 10.2 Å². The van der Waals surface area contributed by atoms with Crippen molar-refractivity contribution in [3.8, 4) is 0 Å². The predicted octanol–water partition coefficient (Wildman–Crippen LogP) is 1.41. The van der Waals surface area contributed by atoms with Gasteiger partial charge in [-0.05, 0) is 6.07 Å². The lowest BCUT2D eigenvalue weighted by molar-refractivity contribution is 0.203. The molecule has 0 saturated carbocycles. The molecule has 1 aliphatic rings. The van der Waals surface area contributed by atoms with Crippen molar-refractivity contribution < 1.29 is 4.42 Å². The fourth-order valence-corrected chi connectivity index (χ4v) is 1.90. The van der Waals surface area contributed by atoms with Crippen LogP contribution in [0.25, 0.3) is 0 Å². The molecule has 14 heavy (non-hydrogen) atoms. The van der Waals surface area contributed by atoms with Crippen LogP contribution in [0.1, 0.15) is 11.6 Å². The zero-order valence-electron chi connectivity index (χ0n) is 8.28. The van der Waals surface area contributed by atoms with Crippen molar-refractivity contribution in [2.75, 3.05) is 26.2 Å². The number of rotatable bonds is 3. The average molecular weight is 192 g/mol. The van der Waals surface area contributed by atoms with Crippen LogP contribution in [-0.4, -0.2) is 31.1 Å². The molecule has 1 aliphatic heterocycles. The van der Waals surface area contributed by atoms with Gasteiger partial charge in [-0.2, -0.15) is 0 Å². The predicted molar refractivity (Wildman–Crippen MR) is 56.1 cm³/mol. The molecule has 0 bridgehead atoms. The Morgan fingerprint density at radius 2 is 2.29 bits per heavy atom. The molecule has 76 valence electrons. The van der Waals surface area contributed by atoms with E-state index in [1.807, 2.05) is 12.1 Å². The third-order valence-electron chi connectivity index (χ3n) is 2.65. The van der Waals surface area contributed by atoms with Crippen molar-refractivity contribution >= 4 is 0 Å². The lowest BCUT2D eigenvalue weighted by Crippen LogP contribution is -2.44. The van der Waals surface area contributed by atoms with Crippen LogP contribution in [0.2, 0.25) is 0 Å². The van der Waals surface area contributed by atoms with Crippen molar-refractivity contribution in [2.45, 2.75) is 6.04 Å². The smallest absolute Gasteiger partial charge is 0.0953 e. The van der Waals surface area contributed by atoms with Gasteiger partial charge in [0.05, 0.1) is 18.6 Å². The maximum atomic E-state index is 5.10. The number of nitrogens with one attached hydrogen (secondary N) is 1. The summed E-state index contributed by atoms with van der Waals surface area (Å²) in [6.45, 7) is 8.15. The summed E-state index contributed by atoms with van der Waals surface area (Å²) in [5.41, 5.74) is 1.20. The summed E-state index contributed by atoms with van der Waals surface area (Å²) in [5.74, 6) is 0. The molecule has 0 amide bonds. The maximum absolute atomic E-state index is 5.10. The van der Waals surface area contributed by atoms with Gasteiger partial charge in [-0.3, -0.25) is 4.90 Å². The first-order valence-electron chi connectivity index (χ1n) is 5.01. The molecular weight excluding hydrogens is 176 g/mol. The summed E-state index contributed by atoms with van der Waals surface area (Å²) in [7, 11) is 0. The Morgan fingerprint density at radius 1 is 1.50 bits per heavy atom. The van der Waals surface area contributed by atoms with E-state index in [-0.39, 0.29) is 0 Å². The quantitative estimate of drug-likeness (QED) is 0.734. The first kappa shape index (κ1) is 9.49. The number of piperazine rings is 1. The second-order valence-electron chi connectivity index (χ2n) is 3.52. The minimum absolute atomic E-state index is 0.302. The largest absolute Gasteiger partial charge is 0.472 e. The van der Waals surface area contributed by atoms with Crippen molar-refractivity contribution in [3.63, 3.8) is 0 Å². The second-order valence-corrected chi connectivity index (χ2v) is 3.52. The lowest BCUT2D eigenvalue weighted by Gasteiger charge is -2.32. The third kappa shape index (κ3) is 1.89. The van der Waals surface area contributed by atoms with Gasteiger partial charge in [0.1, 0.15) is 0 Å². The van der Waals surface area contributed by atoms with E-state index in [0.29, 0.717) is 6.04 Å². The van der Waals surface area contributed by atoms with E-state index in [0.717, 1.165) is 26.2 Å². The molecule has 2 rings (SSSR count). The second kappa shape index (κ2) is 4.44. The fraction of sp³-hybridized carbons (Fsp3) is 0.455. The highest BCUT2D eigenvalue weighted by Gasteiger charge is 2.19. The molecule has 2 heterocycles. The van der Waals surface area contributed by atoms with Gasteiger partial charge in [-0.15, -0.1) is 6.58 Å². The van der Waals surface area contributed by atoms with Crippen LogP contribution in [0.3, 0.4) is 0 Å². The van der Waals surface area contributed by atoms with Gasteiger partial charge in [0.2, 0.25) is 0 Å². The van der Waals surface area contributed by atoms with Crippen molar-refractivity contribution in [2.24, 2.45) is 0 Å². The van der Waals surface area contributed by atoms with E-state index < -0.39 is 0 Å². The van der Waals surface area contributed by atoms with E-state index in [4.69, 9.17) is 4.42 Å². The van der Waals surface area contributed by atoms with Crippen molar-refractivity contribution in [1.29, 1.82) is 0 Å². The molecule has 3 nitrogen and oxygen atoms in total.